The lowest BCUT2D eigenvalue weighted by atomic mass is 10.2. The molecule has 0 saturated heterocycles. The molecule has 0 aromatic heterocycles. The molecule has 172 valence electrons. The van der Waals surface area contributed by atoms with Gasteiger partial charge in [-0.05, 0) is 42.8 Å². The molecule has 0 heterocycles. The van der Waals surface area contributed by atoms with Crippen LogP contribution in [0.15, 0.2) is 71.6 Å². The number of sulfonamides is 1. The maximum absolute atomic E-state index is 13.4. The lowest BCUT2D eigenvalue weighted by molar-refractivity contribution is -0.384. The molecule has 0 radical (unpaired) electrons. The van der Waals surface area contributed by atoms with Crippen LogP contribution in [0.2, 0.25) is 5.02 Å². The fourth-order valence-corrected chi connectivity index (χ4v) is 4.76. The summed E-state index contributed by atoms with van der Waals surface area (Å²) in [7, 11) is -2.80. The molecule has 1 N–H and O–H groups in total. The summed E-state index contributed by atoms with van der Waals surface area (Å²) in [4.78, 5) is 23.4. The maximum atomic E-state index is 13.4. The molecule has 3 aromatic carbocycles. The van der Waals surface area contributed by atoms with Crippen LogP contribution in [-0.2, 0) is 14.8 Å². The van der Waals surface area contributed by atoms with Gasteiger partial charge in [-0.25, -0.2) is 8.42 Å². The van der Waals surface area contributed by atoms with Gasteiger partial charge in [-0.2, -0.15) is 0 Å². The van der Waals surface area contributed by atoms with Gasteiger partial charge in [-0.15, -0.1) is 0 Å². The fourth-order valence-electron chi connectivity index (χ4n) is 3.10. The number of carbonyl (C=O) groups excluding carboxylic acids is 1. The van der Waals surface area contributed by atoms with Crippen molar-refractivity contribution in [1.29, 1.82) is 0 Å². The molecule has 0 spiro atoms. The zero-order valence-corrected chi connectivity index (χ0v) is 19.3. The first-order valence-electron chi connectivity index (χ1n) is 9.59. The Bertz CT molecular complexity index is 1300. The second-order valence-electron chi connectivity index (χ2n) is 6.95. The minimum atomic E-state index is -4.14. The van der Waals surface area contributed by atoms with Crippen LogP contribution < -0.4 is 14.4 Å². The number of nitro groups is 1. The summed E-state index contributed by atoms with van der Waals surface area (Å²) in [5.41, 5.74) is 0.592. The summed E-state index contributed by atoms with van der Waals surface area (Å²) >= 11 is 6.11. The van der Waals surface area contributed by atoms with Crippen molar-refractivity contribution in [2.45, 2.75) is 11.8 Å². The van der Waals surface area contributed by atoms with Crippen molar-refractivity contribution >= 4 is 44.6 Å². The van der Waals surface area contributed by atoms with Gasteiger partial charge in [0.25, 0.3) is 15.7 Å². The predicted molar refractivity (Wildman–Crippen MR) is 125 cm³/mol. The predicted octanol–water partition coefficient (Wildman–Crippen LogP) is 4.40. The molecule has 0 aliphatic carbocycles. The van der Waals surface area contributed by atoms with E-state index in [9.17, 15) is 23.3 Å². The zero-order valence-electron chi connectivity index (χ0n) is 17.7. The Morgan fingerprint density at radius 2 is 1.82 bits per heavy atom. The number of benzene rings is 3. The first-order chi connectivity index (χ1) is 15.6. The SMILES string of the molecule is COc1ccc([N+](=O)[O-])cc1NC(=O)CN(c1cc(Cl)ccc1C)S(=O)(=O)c1ccccc1. The largest absolute Gasteiger partial charge is 0.495 e. The van der Waals surface area contributed by atoms with Gasteiger partial charge < -0.3 is 10.1 Å². The lowest BCUT2D eigenvalue weighted by Gasteiger charge is -2.26. The van der Waals surface area contributed by atoms with Gasteiger partial charge in [-0.1, -0.05) is 35.9 Å². The van der Waals surface area contributed by atoms with Crippen molar-refractivity contribution in [3.8, 4) is 5.75 Å². The smallest absolute Gasteiger partial charge is 0.271 e. The molecule has 0 atom stereocenters. The van der Waals surface area contributed by atoms with Gasteiger partial charge in [0.1, 0.15) is 12.3 Å². The van der Waals surface area contributed by atoms with E-state index in [1.807, 2.05) is 0 Å². The molecule has 0 bridgehead atoms. The Morgan fingerprint density at radius 3 is 2.45 bits per heavy atom. The van der Waals surface area contributed by atoms with Gasteiger partial charge in [0.15, 0.2) is 0 Å². The third-order valence-electron chi connectivity index (χ3n) is 4.73. The van der Waals surface area contributed by atoms with E-state index in [1.165, 1.54) is 37.4 Å². The molecule has 0 fully saturated rings. The summed E-state index contributed by atoms with van der Waals surface area (Å²) < 4.78 is 33.0. The van der Waals surface area contributed by atoms with Crippen molar-refractivity contribution < 1.29 is 22.9 Å². The molecule has 3 aromatic rings. The third-order valence-corrected chi connectivity index (χ3v) is 6.74. The number of ether oxygens (including phenoxy) is 1. The van der Waals surface area contributed by atoms with Crippen LogP contribution in [0.1, 0.15) is 5.56 Å². The van der Waals surface area contributed by atoms with E-state index in [0.29, 0.717) is 10.6 Å². The van der Waals surface area contributed by atoms with E-state index in [4.69, 9.17) is 16.3 Å². The third kappa shape index (κ3) is 5.41. The average molecular weight is 490 g/mol. The van der Waals surface area contributed by atoms with E-state index < -0.39 is 27.4 Å². The minimum Gasteiger partial charge on any atom is -0.495 e. The van der Waals surface area contributed by atoms with Crippen LogP contribution in [0, 0.1) is 17.0 Å². The number of nitrogens with one attached hydrogen (secondary N) is 1. The molecular weight excluding hydrogens is 470 g/mol. The Balaban J connectivity index is 2.01. The highest BCUT2D eigenvalue weighted by Gasteiger charge is 2.29. The average Bonchev–Trinajstić information content (AvgIpc) is 2.79. The number of nitro benzene ring substituents is 1. The number of nitrogens with zero attached hydrogens (tertiary/aromatic N) is 2. The van der Waals surface area contributed by atoms with Gasteiger partial charge >= 0.3 is 0 Å². The summed E-state index contributed by atoms with van der Waals surface area (Å²) in [6.07, 6.45) is 0. The van der Waals surface area contributed by atoms with Gasteiger partial charge in [0.05, 0.1) is 28.3 Å². The molecule has 0 aliphatic heterocycles. The number of carbonyl (C=O) groups is 1. The van der Waals surface area contributed by atoms with Crippen molar-refractivity contribution in [1.82, 2.24) is 0 Å². The van der Waals surface area contributed by atoms with Crippen LogP contribution in [0.3, 0.4) is 0 Å². The van der Waals surface area contributed by atoms with E-state index in [0.717, 1.165) is 10.4 Å². The topological polar surface area (TPSA) is 119 Å². The number of rotatable bonds is 8. The molecule has 11 heteroatoms. The summed E-state index contributed by atoms with van der Waals surface area (Å²) in [6, 6.07) is 16.1. The Labute approximate surface area is 195 Å². The van der Waals surface area contributed by atoms with Crippen molar-refractivity contribution in [3.63, 3.8) is 0 Å². The molecule has 9 nitrogen and oxygen atoms in total. The highest BCUT2D eigenvalue weighted by Crippen LogP contribution is 2.31. The summed E-state index contributed by atoms with van der Waals surface area (Å²) in [5, 5.41) is 13.9. The van der Waals surface area contributed by atoms with Crippen molar-refractivity contribution in [2.75, 3.05) is 23.3 Å². The van der Waals surface area contributed by atoms with E-state index in [1.54, 1.807) is 37.3 Å². The van der Waals surface area contributed by atoms with Crippen LogP contribution in [0.25, 0.3) is 0 Å². The molecule has 0 unspecified atom stereocenters. The number of aryl methyl sites for hydroxylation is 1. The number of halogens is 1. The van der Waals surface area contributed by atoms with Gasteiger partial charge in [-0.3, -0.25) is 19.2 Å². The monoisotopic (exact) mass is 489 g/mol. The standard InChI is InChI=1S/C22H20ClN3O6S/c1-15-8-9-16(23)12-20(15)25(33(30,31)18-6-4-3-5-7-18)14-22(27)24-19-13-17(26(28)29)10-11-21(19)32-2/h3-13H,14H2,1-2H3,(H,24,27). The van der Waals surface area contributed by atoms with Crippen LogP contribution >= 0.6 is 11.6 Å². The number of hydrogen-bond acceptors (Lipinski definition) is 6. The van der Waals surface area contributed by atoms with E-state index in [2.05, 4.69) is 5.32 Å². The minimum absolute atomic E-state index is 0.00916. The molecule has 1 amide bonds. The van der Waals surface area contributed by atoms with Crippen molar-refractivity contribution in [3.05, 3.63) is 87.4 Å². The number of anilines is 2. The Hall–Kier alpha value is -3.63. The zero-order chi connectivity index (χ0) is 24.2. The van der Waals surface area contributed by atoms with Crippen LogP contribution in [0.5, 0.6) is 5.75 Å². The first-order valence-corrected chi connectivity index (χ1v) is 11.4. The van der Waals surface area contributed by atoms with Gasteiger partial charge in [0, 0.05) is 17.2 Å². The van der Waals surface area contributed by atoms with E-state index >= 15 is 0 Å². The second kappa shape index (κ2) is 9.88. The number of amides is 1. The quantitative estimate of drug-likeness (QED) is 0.370. The highest BCUT2D eigenvalue weighted by atomic mass is 35.5. The molecular formula is C22H20ClN3O6S. The number of methoxy groups -OCH3 is 1. The second-order valence-corrected chi connectivity index (χ2v) is 9.24. The number of hydrogen-bond donors (Lipinski definition) is 1. The van der Waals surface area contributed by atoms with Gasteiger partial charge in [0.2, 0.25) is 5.91 Å². The lowest BCUT2D eigenvalue weighted by Crippen LogP contribution is -2.38. The molecule has 0 saturated carbocycles. The molecule has 3 rings (SSSR count). The van der Waals surface area contributed by atoms with E-state index in [-0.39, 0.29) is 27.7 Å². The summed E-state index contributed by atoms with van der Waals surface area (Å²) in [5.74, 6) is -0.543. The normalized spacial score (nSPS) is 11.0. The summed E-state index contributed by atoms with van der Waals surface area (Å²) in [6.45, 7) is 1.09. The number of non-ortho nitro benzene ring substituents is 1. The molecule has 33 heavy (non-hydrogen) atoms. The Kier molecular flexibility index (Phi) is 7.19. The first kappa shape index (κ1) is 24.0. The highest BCUT2D eigenvalue weighted by molar-refractivity contribution is 7.92. The molecule has 0 aliphatic rings. The Morgan fingerprint density at radius 1 is 1.12 bits per heavy atom. The van der Waals surface area contributed by atoms with Crippen LogP contribution in [0.4, 0.5) is 17.1 Å². The fraction of sp³-hybridized carbons (Fsp3) is 0.136. The van der Waals surface area contributed by atoms with Crippen LogP contribution in [-0.4, -0.2) is 32.9 Å². The van der Waals surface area contributed by atoms with Crippen molar-refractivity contribution in [2.24, 2.45) is 0 Å². The maximum Gasteiger partial charge on any atom is 0.271 e.